The van der Waals surface area contributed by atoms with Gasteiger partial charge in [-0.3, -0.25) is 14.9 Å². The molecular weight excluding hydrogens is 432 g/mol. The molecule has 0 aliphatic carbocycles. The first-order chi connectivity index (χ1) is 16.3. The first-order valence-corrected chi connectivity index (χ1v) is 12.2. The van der Waals surface area contributed by atoms with Crippen LogP contribution in [0.25, 0.3) is 10.9 Å². The maximum Gasteiger partial charge on any atom is 0.294 e. The first-order valence-electron chi connectivity index (χ1n) is 12.2. The third-order valence-electron chi connectivity index (χ3n) is 5.61. The van der Waals surface area contributed by atoms with Crippen LogP contribution in [0.4, 0.5) is 5.69 Å². The van der Waals surface area contributed by atoms with Gasteiger partial charge < -0.3 is 14.5 Å². The number of ether oxygens (including phenoxy) is 2. The van der Waals surface area contributed by atoms with Gasteiger partial charge in [0.2, 0.25) is 5.75 Å². The van der Waals surface area contributed by atoms with E-state index in [1.165, 1.54) is 42.5 Å². The van der Waals surface area contributed by atoms with Crippen LogP contribution in [0, 0.1) is 10.1 Å². The Kier molecular flexibility index (Phi) is 11.4. The van der Waals surface area contributed by atoms with E-state index in [2.05, 4.69) is 38.8 Å². The maximum atomic E-state index is 12.8. The zero-order chi connectivity index (χ0) is 24.9. The molecule has 186 valence electrons. The normalized spacial score (nSPS) is 11.5. The SMILES string of the molecule is CCCCCCCCOc1c(OCC=C(C)CCC=C(C)C)c2ccc([N+](=O)[O-])cc2[nH]c1=O. The molecule has 0 spiro atoms. The second-order valence-corrected chi connectivity index (χ2v) is 8.90. The Morgan fingerprint density at radius 3 is 2.47 bits per heavy atom. The molecule has 0 saturated carbocycles. The van der Waals surface area contributed by atoms with E-state index in [0.717, 1.165) is 32.1 Å². The van der Waals surface area contributed by atoms with E-state index in [9.17, 15) is 14.9 Å². The summed E-state index contributed by atoms with van der Waals surface area (Å²) in [4.78, 5) is 26.2. The number of pyridine rings is 1. The average Bonchev–Trinajstić information content (AvgIpc) is 2.78. The van der Waals surface area contributed by atoms with Crippen LogP contribution < -0.4 is 15.0 Å². The molecule has 1 aromatic carbocycles. The molecule has 1 N–H and O–H groups in total. The lowest BCUT2D eigenvalue weighted by molar-refractivity contribution is -0.384. The van der Waals surface area contributed by atoms with Crippen molar-refractivity contribution in [3.63, 3.8) is 0 Å². The number of nitrogens with one attached hydrogen (secondary N) is 1. The Labute approximate surface area is 202 Å². The number of H-pyrrole nitrogens is 1. The van der Waals surface area contributed by atoms with Crippen molar-refractivity contribution in [1.82, 2.24) is 4.98 Å². The van der Waals surface area contributed by atoms with E-state index >= 15 is 0 Å². The molecule has 34 heavy (non-hydrogen) atoms. The van der Waals surface area contributed by atoms with Gasteiger partial charge in [0.1, 0.15) is 6.61 Å². The van der Waals surface area contributed by atoms with Gasteiger partial charge in [0, 0.05) is 17.5 Å². The van der Waals surface area contributed by atoms with Crippen molar-refractivity contribution in [3.05, 3.63) is 62.0 Å². The summed E-state index contributed by atoms with van der Waals surface area (Å²) in [7, 11) is 0. The number of fused-ring (bicyclic) bond motifs is 1. The lowest BCUT2D eigenvalue weighted by Gasteiger charge is -2.14. The molecule has 7 nitrogen and oxygen atoms in total. The number of hydrogen-bond acceptors (Lipinski definition) is 5. The number of aromatic nitrogens is 1. The third kappa shape index (κ3) is 8.69. The summed E-state index contributed by atoms with van der Waals surface area (Å²) in [6.45, 7) is 9.10. The number of rotatable bonds is 15. The highest BCUT2D eigenvalue weighted by Gasteiger charge is 2.18. The van der Waals surface area contributed by atoms with Crippen LogP contribution >= 0.6 is 0 Å². The molecule has 1 aromatic heterocycles. The predicted octanol–water partition coefficient (Wildman–Crippen LogP) is 7.25. The number of aromatic amines is 1. The molecule has 7 heteroatoms. The Balaban J connectivity index is 2.21. The molecule has 0 atom stereocenters. The van der Waals surface area contributed by atoms with Crippen LogP contribution in [-0.2, 0) is 0 Å². The van der Waals surface area contributed by atoms with Gasteiger partial charge in [-0.05, 0) is 52.2 Å². The highest BCUT2D eigenvalue weighted by Crippen LogP contribution is 2.33. The number of benzene rings is 1. The number of unbranched alkanes of at least 4 members (excludes halogenated alkanes) is 5. The minimum absolute atomic E-state index is 0.0927. The van der Waals surface area contributed by atoms with Gasteiger partial charge in [-0.15, -0.1) is 0 Å². The van der Waals surface area contributed by atoms with Gasteiger partial charge in [-0.2, -0.15) is 0 Å². The summed E-state index contributed by atoms with van der Waals surface area (Å²) in [5.74, 6) is 0.457. The Hall–Kier alpha value is -3.09. The summed E-state index contributed by atoms with van der Waals surface area (Å²) in [5, 5.41) is 11.8. The number of nitro benzene ring substituents is 1. The van der Waals surface area contributed by atoms with Crippen LogP contribution in [0.3, 0.4) is 0 Å². The summed E-state index contributed by atoms with van der Waals surface area (Å²) in [5.41, 5.74) is 2.30. The number of nitro groups is 1. The molecule has 0 amide bonds. The van der Waals surface area contributed by atoms with Gasteiger partial charge in [0.05, 0.1) is 17.0 Å². The van der Waals surface area contributed by atoms with Crippen molar-refractivity contribution >= 4 is 16.6 Å². The topological polar surface area (TPSA) is 94.5 Å². The summed E-state index contributed by atoms with van der Waals surface area (Å²) >= 11 is 0. The lowest BCUT2D eigenvalue weighted by atomic mass is 10.1. The molecule has 1 heterocycles. The number of hydrogen-bond donors (Lipinski definition) is 1. The lowest BCUT2D eigenvalue weighted by Crippen LogP contribution is -2.15. The molecule has 0 saturated heterocycles. The van der Waals surface area contributed by atoms with Crippen molar-refractivity contribution in [1.29, 1.82) is 0 Å². The quantitative estimate of drug-likeness (QED) is 0.128. The Morgan fingerprint density at radius 2 is 1.76 bits per heavy atom. The minimum Gasteiger partial charge on any atom is -0.485 e. The van der Waals surface area contributed by atoms with Gasteiger partial charge in [-0.25, -0.2) is 0 Å². The minimum atomic E-state index is -0.486. The van der Waals surface area contributed by atoms with Gasteiger partial charge in [-0.1, -0.05) is 56.3 Å². The third-order valence-corrected chi connectivity index (χ3v) is 5.61. The molecule has 0 bridgehead atoms. The molecule has 0 aliphatic heterocycles. The monoisotopic (exact) mass is 470 g/mol. The van der Waals surface area contributed by atoms with E-state index in [1.54, 1.807) is 6.07 Å². The molecule has 0 unspecified atom stereocenters. The van der Waals surface area contributed by atoms with Crippen molar-refractivity contribution in [3.8, 4) is 11.5 Å². The van der Waals surface area contributed by atoms with E-state index in [-0.39, 0.29) is 18.0 Å². The smallest absolute Gasteiger partial charge is 0.294 e. The summed E-state index contributed by atoms with van der Waals surface area (Å²) < 4.78 is 11.9. The molecule has 0 fully saturated rings. The highest BCUT2D eigenvalue weighted by molar-refractivity contribution is 5.88. The second kappa shape index (κ2) is 14.2. The van der Waals surface area contributed by atoms with Gasteiger partial charge in [0.15, 0.2) is 5.75 Å². The first kappa shape index (κ1) is 27.2. The Bertz CT molecular complexity index is 1060. The molecule has 2 rings (SSSR count). The van der Waals surface area contributed by atoms with Crippen LogP contribution in [-0.4, -0.2) is 23.1 Å². The van der Waals surface area contributed by atoms with Crippen LogP contribution in [0.5, 0.6) is 11.5 Å². The Morgan fingerprint density at radius 1 is 1.03 bits per heavy atom. The molecule has 0 radical (unpaired) electrons. The van der Waals surface area contributed by atoms with E-state index in [4.69, 9.17) is 9.47 Å². The average molecular weight is 471 g/mol. The highest BCUT2D eigenvalue weighted by atomic mass is 16.6. The van der Waals surface area contributed by atoms with Crippen molar-refractivity contribution in [2.45, 2.75) is 79.1 Å². The second-order valence-electron chi connectivity index (χ2n) is 8.90. The van der Waals surface area contributed by atoms with Crippen LogP contribution in [0.2, 0.25) is 0 Å². The molecule has 0 aliphatic rings. The summed E-state index contributed by atoms with van der Waals surface area (Å²) in [6.07, 6.45) is 12.8. The van der Waals surface area contributed by atoms with Crippen molar-refractivity contribution in [2.75, 3.05) is 13.2 Å². The number of non-ortho nitro benzene ring substituents is 1. The van der Waals surface area contributed by atoms with Crippen molar-refractivity contribution < 1.29 is 14.4 Å². The summed E-state index contributed by atoms with van der Waals surface area (Å²) in [6, 6.07) is 4.36. The fourth-order valence-electron chi connectivity index (χ4n) is 3.64. The van der Waals surface area contributed by atoms with Gasteiger partial charge in [0.25, 0.3) is 11.2 Å². The zero-order valence-corrected chi connectivity index (χ0v) is 20.9. The maximum absolute atomic E-state index is 12.8. The van der Waals surface area contributed by atoms with Crippen molar-refractivity contribution in [2.24, 2.45) is 0 Å². The molecular formula is C27H38N2O5. The zero-order valence-electron chi connectivity index (χ0n) is 20.9. The standard InChI is InChI=1S/C27H38N2O5/c1-5-6-7-8-9-10-17-33-26-25(34-18-16-21(4)13-11-12-20(2)3)23-15-14-22(29(31)32)19-24(23)28-27(26)30/h12,14-16,19H,5-11,13,17-18H2,1-4H3,(H,28,30). The van der Waals surface area contributed by atoms with Gasteiger partial charge >= 0.3 is 0 Å². The van der Waals surface area contributed by atoms with Crippen LogP contribution in [0.1, 0.15) is 79.1 Å². The van der Waals surface area contributed by atoms with E-state index < -0.39 is 10.5 Å². The number of nitrogens with zero attached hydrogens (tertiary/aromatic N) is 1. The fraction of sp³-hybridized carbons (Fsp3) is 0.519. The van der Waals surface area contributed by atoms with E-state index in [0.29, 0.717) is 23.3 Å². The van der Waals surface area contributed by atoms with Crippen LogP contribution in [0.15, 0.2) is 46.3 Å². The van der Waals surface area contributed by atoms with E-state index in [1.807, 2.05) is 6.08 Å². The largest absolute Gasteiger partial charge is 0.485 e. The predicted molar refractivity (Wildman–Crippen MR) is 138 cm³/mol. The number of allylic oxidation sites excluding steroid dienone is 3. The molecule has 2 aromatic rings. The fourth-order valence-corrected chi connectivity index (χ4v) is 3.64.